The molecule has 0 aliphatic heterocycles. The summed E-state index contributed by atoms with van der Waals surface area (Å²) in [4.78, 5) is 4.55. The summed E-state index contributed by atoms with van der Waals surface area (Å²) >= 11 is 7.82. The number of aliphatic imine (C=N–C) groups is 1. The number of nitrogens with zero attached hydrogens (tertiary/aromatic N) is 1. The van der Waals surface area contributed by atoms with Crippen LogP contribution in [0.2, 0.25) is 5.02 Å². The molecular formula is C14H23ClIN3S. The van der Waals surface area contributed by atoms with E-state index in [2.05, 4.69) is 28.8 Å². The molecule has 0 unspecified atom stereocenters. The quantitative estimate of drug-likeness (QED) is 0.301. The Labute approximate surface area is 148 Å². The molecule has 1 aromatic carbocycles. The van der Waals surface area contributed by atoms with Crippen LogP contribution in [0, 0.1) is 0 Å². The third kappa shape index (κ3) is 8.92. The molecule has 0 heterocycles. The van der Waals surface area contributed by atoms with Gasteiger partial charge in [0.05, 0.1) is 6.54 Å². The predicted octanol–water partition coefficient (Wildman–Crippen LogP) is 3.77. The van der Waals surface area contributed by atoms with Crippen molar-refractivity contribution in [2.75, 3.05) is 25.1 Å². The van der Waals surface area contributed by atoms with Crippen LogP contribution in [0.25, 0.3) is 0 Å². The largest absolute Gasteiger partial charge is 0.357 e. The Kier molecular flexibility index (Phi) is 12.5. The lowest BCUT2D eigenvalue weighted by Gasteiger charge is -2.11. The summed E-state index contributed by atoms with van der Waals surface area (Å²) in [5, 5.41) is 7.33. The standard InChI is InChI=1S/C14H22ClN3S.HI/c1-3-16-14(17-8-5-9-19-2)18-11-12-6-4-7-13(15)10-12;/h4,6-7,10H,3,5,8-9,11H2,1-2H3,(H2,16,17,18);1H. The highest BCUT2D eigenvalue weighted by molar-refractivity contribution is 14.0. The van der Waals surface area contributed by atoms with E-state index in [0.29, 0.717) is 6.54 Å². The van der Waals surface area contributed by atoms with Crippen molar-refractivity contribution in [1.82, 2.24) is 10.6 Å². The molecule has 0 saturated carbocycles. The van der Waals surface area contributed by atoms with Crippen molar-refractivity contribution in [3.63, 3.8) is 0 Å². The summed E-state index contributed by atoms with van der Waals surface area (Å²) < 4.78 is 0. The van der Waals surface area contributed by atoms with Crippen LogP contribution in [0.15, 0.2) is 29.3 Å². The van der Waals surface area contributed by atoms with Crippen LogP contribution in [0.5, 0.6) is 0 Å². The third-order valence-electron chi connectivity index (χ3n) is 2.47. The number of benzene rings is 1. The first-order chi connectivity index (χ1) is 9.26. The Balaban J connectivity index is 0.00000361. The molecule has 1 aromatic rings. The van der Waals surface area contributed by atoms with Gasteiger partial charge in [-0.25, -0.2) is 4.99 Å². The van der Waals surface area contributed by atoms with E-state index in [1.165, 1.54) is 5.75 Å². The number of halogens is 2. The molecule has 0 aromatic heterocycles. The van der Waals surface area contributed by atoms with Crippen molar-refractivity contribution in [3.05, 3.63) is 34.9 Å². The second-order valence-electron chi connectivity index (χ2n) is 4.10. The summed E-state index contributed by atoms with van der Waals surface area (Å²) in [6.45, 7) is 4.52. The summed E-state index contributed by atoms with van der Waals surface area (Å²) in [7, 11) is 0. The van der Waals surface area contributed by atoms with Gasteiger partial charge in [0, 0.05) is 18.1 Å². The molecule has 0 radical (unpaired) electrons. The van der Waals surface area contributed by atoms with Crippen LogP contribution in [0.1, 0.15) is 18.9 Å². The molecule has 114 valence electrons. The molecule has 0 atom stereocenters. The fraction of sp³-hybridized carbons (Fsp3) is 0.500. The number of thioether (sulfide) groups is 1. The average molecular weight is 428 g/mol. The number of nitrogens with one attached hydrogen (secondary N) is 2. The molecule has 0 saturated heterocycles. The number of rotatable bonds is 7. The zero-order valence-corrected chi connectivity index (χ0v) is 15.9. The Hall–Kier alpha value is -0.140. The third-order valence-corrected chi connectivity index (χ3v) is 3.40. The first kappa shape index (κ1) is 19.9. The Bertz CT molecular complexity index is 402. The van der Waals surface area contributed by atoms with Gasteiger partial charge in [-0.05, 0) is 43.0 Å². The van der Waals surface area contributed by atoms with Gasteiger partial charge >= 0.3 is 0 Å². The summed E-state index contributed by atoms with van der Waals surface area (Å²) in [5.41, 5.74) is 1.12. The van der Waals surface area contributed by atoms with Gasteiger partial charge in [-0.1, -0.05) is 23.7 Å². The lowest BCUT2D eigenvalue weighted by atomic mass is 10.2. The van der Waals surface area contributed by atoms with E-state index in [1.54, 1.807) is 0 Å². The van der Waals surface area contributed by atoms with Crippen molar-refractivity contribution in [1.29, 1.82) is 0 Å². The zero-order chi connectivity index (χ0) is 13.9. The average Bonchev–Trinajstić information content (AvgIpc) is 2.41. The van der Waals surface area contributed by atoms with Crippen molar-refractivity contribution >= 4 is 53.3 Å². The Morgan fingerprint density at radius 1 is 1.35 bits per heavy atom. The molecule has 2 N–H and O–H groups in total. The molecule has 0 aliphatic rings. The van der Waals surface area contributed by atoms with E-state index >= 15 is 0 Å². The second kappa shape index (κ2) is 12.6. The normalized spacial score (nSPS) is 10.8. The summed E-state index contributed by atoms with van der Waals surface area (Å²) in [6.07, 6.45) is 3.27. The van der Waals surface area contributed by atoms with Gasteiger partial charge < -0.3 is 10.6 Å². The molecule has 3 nitrogen and oxygen atoms in total. The summed E-state index contributed by atoms with van der Waals surface area (Å²) in [6, 6.07) is 7.81. The van der Waals surface area contributed by atoms with Crippen LogP contribution < -0.4 is 10.6 Å². The fourth-order valence-corrected chi connectivity index (χ4v) is 2.22. The monoisotopic (exact) mass is 427 g/mol. The molecular weight excluding hydrogens is 405 g/mol. The van der Waals surface area contributed by atoms with E-state index in [1.807, 2.05) is 36.0 Å². The van der Waals surface area contributed by atoms with E-state index in [9.17, 15) is 0 Å². The molecule has 0 spiro atoms. The van der Waals surface area contributed by atoms with Gasteiger partial charge in [-0.2, -0.15) is 11.8 Å². The van der Waals surface area contributed by atoms with E-state index in [-0.39, 0.29) is 24.0 Å². The minimum absolute atomic E-state index is 0. The highest BCUT2D eigenvalue weighted by atomic mass is 127. The number of guanidine groups is 1. The highest BCUT2D eigenvalue weighted by Crippen LogP contribution is 2.11. The van der Waals surface area contributed by atoms with Crippen LogP contribution in [0.3, 0.4) is 0 Å². The van der Waals surface area contributed by atoms with E-state index in [0.717, 1.165) is 36.1 Å². The Morgan fingerprint density at radius 3 is 2.80 bits per heavy atom. The van der Waals surface area contributed by atoms with Crippen LogP contribution in [-0.4, -0.2) is 31.1 Å². The van der Waals surface area contributed by atoms with Gasteiger partial charge in [0.1, 0.15) is 0 Å². The first-order valence-corrected chi connectivity index (χ1v) is 8.29. The molecule has 20 heavy (non-hydrogen) atoms. The highest BCUT2D eigenvalue weighted by Gasteiger charge is 1.97. The van der Waals surface area contributed by atoms with Gasteiger partial charge in [-0.3, -0.25) is 0 Å². The lowest BCUT2D eigenvalue weighted by Crippen LogP contribution is -2.37. The molecule has 6 heteroatoms. The predicted molar refractivity (Wildman–Crippen MR) is 103 cm³/mol. The van der Waals surface area contributed by atoms with Crippen LogP contribution >= 0.6 is 47.3 Å². The Morgan fingerprint density at radius 2 is 2.15 bits per heavy atom. The summed E-state index contributed by atoms with van der Waals surface area (Å²) in [5.74, 6) is 2.03. The van der Waals surface area contributed by atoms with Gasteiger partial charge in [-0.15, -0.1) is 24.0 Å². The van der Waals surface area contributed by atoms with E-state index in [4.69, 9.17) is 11.6 Å². The van der Waals surface area contributed by atoms with E-state index < -0.39 is 0 Å². The van der Waals surface area contributed by atoms with Crippen molar-refractivity contribution in [2.24, 2.45) is 4.99 Å². The molecule has 1 rings (SSSR count). The molecule has 0 amide bonds. The maximum Gasteiger partial charge on any atom is 0.191 e. The maximum absolute atomic E-state index is 5.96. The first-order valence-electron chi connectivity index (χ1n) is 6.51. The second-order valence-corrected chi connectivity index (χ2v) is 5.52. The molecule has 0 aliphatic carbocycles. The topological polar surface area (TPSA) is 36.4 Å². The maximum atomic E-state index is 5.96. The fourth-order valence-electron chi connectivity index (χ4n) is 1.57. The molecule has 0 fully saturated rings. The minimum atomic E-state index is 0. The smallest absolute Gasteiger partial charge is 0.191 e. The lowest BCUT2D eigenvalue weighted by molar-refractivity contribution is 0.790. The van der Waals surface area contributed by atoms with Gasteiger partial charge in [0.2, 0.25) is 0 Å². The van der Waals surface area contributed by atoms with Crippen molar-refractivity contribution in [2.45, 2.75) is 19.9 Å². The SMILES string of the molecule is CCNC(=NCc1cccc(Cl)c1)NCCCSC.I. The van der Waals surface area contributed by atoms with Crippen molar-refractivity contribution in [3.8, 4) is 0 Å². The van der Waals surface area contributed by atoms with Gasteiger partial charge in [0.25, 0.3) is 0 Å². The number of hydrogen-bond acceptors (Lipinski definition) is 2. The van der Waals surface area contributed by atoms with Gasteiger partial charge in [0.15, 0.2) is 5.96 Å². The van der Waals surface area contributed by atoms with Crippen LogP contribution in [-0.2, 0) is 6.54 Å². The minimum Gasteiger partial charge on any atom is -0.357 e. The van der Waals surface area contributed by atoms with Crippen LogP contribution in [0.4, 0.5) is 0 Å². The number of hydrogen-bond donors (Lipinski definition) is 2. The zero-order valence-electron chi connectivity index (χ0n) is 12.0. The van der Waals surface area contributed by atoms with Crippen molar-refractivity contribution < 1.29 is 0 Å². The molecule has 0 bridgehead atoms.